The van der Waals surface area contributed by atoms with Crippen LogP contribution in [0.15, 0.2) is 29.1 Å². The number of aromatic nitrogens is 4. The maximum Gasteiger partial charge on any atom is 0.426 e. The van der Waals surface area contributed by atoms with Gasteiger partial charge in [-0.1, -0.05) is 0 Å². The van der Waals surface area contributed by atoms with Crippen LogP contribution < -0.4 is 0 Å². The molecule has 146 valence electrons. The van der Waals surface area contributed by atoms with Gasteiger partial charge in [-0.05, 0) is 41.8 Å². The van der Waals surface area contributed by atoms with Crippen molar-refractivity contribution in [3.05, 3.63) is 34.8 Å². The molecule has 2 aromatic rings. The highest BCUT2D eigenvalue weighted by Crippen LogP contribution is 2.34. The number of nitrogens with zero attached hydrogens (tertiary/aromatic N) is 5. The highest BCUT2D eigenvalue weighted by Gasteiger charge is 2.57. The standard InChI is InChI=1S/C16H17BrF3N5O2/c1-15(27,16(18,19)20)13(26)24-6-3-10(4-7-24)12-2-5-23-25(12)14-21-8-11(17)9-22-14/h2,5,8-10,27H,3-4,6-7H2,1H3. The van der Waals surface area contributed by atoms with Gasteiger partial charge in [0.15, 0.2) is 0 Å². The summed E-state index contributed by atoms with van der Waals surface area (Å²) in [5.74, 6) is -0.949. The van der Waals surface area contributed by atoms with Gasteiger partial charge >= 0.3 is 6.18 Å². The number of halogens is 4. The normalized spacial score (nSPS) is 18.4. The molecule has 7 nitrogen and oxygen atoms in total. The first-order chi connectivity index (χ1) is 12.6. The molecule has 1 unspecified atom stereocenters. The number of rotatable bonds is 3. The van der Waals surface area contributed by atoms with Gasteiger partial charge in [-0.2, -0.15) is 18.3 Å². The molecule has 1 saturated heterocycles. The first-order valence-electron chi connectivity index (χ1n) is 8.21. The maximum atomic E-state index is 12.9. The zero-order valence-electron chi connectivity index (χ0n) is 14.3. The molecule has 1 atom stereocenters. The monoisotopic (exact) mass is 447 g/mol. The number of hydrogen-bond acceptors (Lipinski definition) is 5. The van der Waals surface area contributed by atoms with Crippen LogP contribution in [0, 0.1) is 0 Å². The first kappa shape index (κ1) is 19.7. The number of hydrogen-bond donors (Lipinski definition) is 1. The van der Waals surface area contributed by atoms with E-state index in [2.05, 4.69) is 31.0 Å². The van der Waals surface area contributed by atoms with Crippen LogP contribution in [0.4, 0.5) is 13.2 Å². The van der Waals surface area contributed by atoms with Gasteiger partial charge in [-0.3, -0.25) is 4.79 Å². The predicted octanol–water partition coefficient (Wildman–Crippen LogP) is 2.44. The molecule has 0 radical (unpaired) electrons. The third-order valence-corrected chi connectivity index (χ3v) is 5.05. The Balaban J connectivity index is 1.71. The zero-order valence-corrected chi connectivity index (χ0v) is 15.9. The molecule has 1 fully saturated rings. The molecule has 0 aromatic carbocycles. The molecule has 1 aliphatic heterocycles. The highest BCUT2D eigenvalue weighted by atomic mass is 79.9. The Bertz CT molecular complexity index is 814. The van der Waals surface area contributed by atoms with Crippen molar-refractivity contribution < 1.29 is 23.1 Å². The van der Waals surface area contributed by atoms with Gasteiger partial charge in [-0.25, -0.2) is 14.6 Å². The highest BCUT2D eigenvalue weighted by molar-refractivity contribution is 9.10. The van der Waals surface area contributed by atoms with Crippen LogP contribution in [-0.4, -0.2) is 60.5 Å². The van der Waals surface area contributed by atoms with Crippen molar-refractivity contribution in [1.29, 1.82) is 0 Å². The number of aliphatic hydroxyl groups is 1. The van der Waals surface area contributed by atoms with E-state index in [1.807, 2.05) is 0 Å². The Morgan fingerprint density at radius 2 is 1.85 bits per heavy atom. The van der Waals surface area contributed by atoms with Gasteiger partial charge in [0.2, 0.25) is 5.60 Å². The number of likely N-dealkylation sites (tertiary alicyclic amines) is 1. The SMILES string of the molecule is CC(O)(C(=O)N1CCC(c2ccnn2-c2ncc(Br)cn2)CC1)C(F)(F)F. The molecule has 3 heterocycles. The third-order valence-electron chi connectivity index (χ3n) is 4.64. The molecule has 0 spiro atoms. The van der Waals surface area contributed by atoms with Crippen molar-refractivity contribution in [3.63, 3.8) is 0 Å². The summed E-state index contributed by atoms with van der Waals surface area (Å²) >= 11 is 3.26. The first-order valence-corrected chi connectivity index (χ1v) is 9.01. The molecule has 2 aromatic heterocycles. The Morgan fingerprint density at radius 1 is 1.26 bits per heavy atom. The van der Waals surface area contributed by atoms with Gasteiger partial charge in [0.05, 0.1) is 10.2 Å². The van der Waals surface area contributed by atoms with E-state index < -0.39 is 17.7 Å². The van der Waals surface area contributed by atoms with Crippen LogP contribution in [-0.2, 0) is 4.79 Å². The van der Waals surface area contributed by atoms with Crippen LogP contribution in [0.2, 0.25) is 0 Å². The Morgan fingerprint density at radius 3 is 2.41 bits per heavy atom. The van der Waals surface area contributed by atoms with E-state index in [-0.39, 0.29) is 19.0 Å². The summed E-state index contributed by atoms with van der Waals surface area (Å²) in [5, 5.41) is 13.8. The largest absolute Gasteiger partial charge is 0.426 e. The topological polar surface area (TPSA) is 84.1 Å². The Kier molecular flexibility index (Phi) is 5.26. The quantitative estimate of drug-likeness (QED) is 0.780. The Labute approximate surface area is 161 Å². The molecule has 0 aliphatic carbocycles. The Hall–Kier alpha value is -2.01. The lowest BCUT2D eigenvalue weighted by Gasteiger charge is -2.36. The summed E-state index contributed by atoms with van der Waals surface area (Å²) in [4.78, 5) is 21.5. The molecule has 1 N–H and O–H groups in total. The number of piperidine rings is 1. The second-order valence-electron chi connectivity index (χ2n) is 6.51. The minimum Gasteiger partial charge on any atom is -0.373 e. The second kappa shape index (κ2) is 7.19. The number of amides is 1. The van der Waals surface area contributed by atoms with Gasteiger partial charge < -0.3 is 10.0 Å². The summed E-state index contributed by atoms with van der Waals surface area (Å²) in [5.41, 5.74) is -2.56. The van der Waals surface area contributed by atoms with Crippen molar-refractivity contribution >= 4 is 21.8 Å². The van der Waals surface area contributed by atoms with Gasteiger partial charge in [0.25, 0.3) is 11.9 Å². The van der Waals surface area contributed by atoms with Gasteiger partial charge in [0.1, 0.15) is 0 Å². The van der Waals surface area contributed by atoms with Crippen LogP contribution in [0.25, 0.3) is 5.95 Å². The summed E-state index contributed by atoms with van der Waals surface area (Å²) in [6.07, 6.45) is 0.664. The van der Waals surface area contributed by atoms with Crippen molar-refractivity contribution in [2.75, 3.05) is 13.1 Å². The van der Waals surface area contributed by atoms with Crippen LogP contribution in [0.1, 0.15) is 31.4 Å². The fraction of sp³-hybridized carbons (Fsp3) is 0.500. The number of carbonyl (C=O) groups is 1. The van der Waals surface area contributed by atoms with Crippen LogP contribution in [0.3, 0.4) is 0 Å². The van der Waals surface area contributed by atoms with E-state index >= 15 is 0 Å². The molecule has 1 aliphatic rings. The summed E-state index contributed by atoms with van der Waals surface area (Å²) in [7, 11) is 0. The lowest BCUT2D eigenvalue weighted by molar-refractivity contribution is -0.250. The van der Waals surface area contributed by atoms with Crippen molar-refractivity contribution in [2.24, 2.45) is 0 Å². The number of carbonyl (C=O) groups excluding carboxylic acids is 1. The molecule has 0 bridgehead atoms. The molecule has 1 amide bonds. The fourth-order valence-corrected chi connectivity index (χ4v) is 3.22. The predicted molar refractivity (Wildman–Crippen MR) is 92.1 cm³/mol. The van der Waals surface area contributed by atoms with Gasteiger partial charge in [-0.15, -0.1) is 0 Å². The lowest BCUT2D eigenvalue weighted by Crippen LogP contribution is -2.57. The summed E-state index contributed by atoms with van der Waals surface area (Å²) in [6, 6.07) is 1.80. The van der Waals surface area contributed by atoms with E-state index in [1.54, 1.807) is 29.3 Å². The van der Waals surface area contributed by atoms with E-state index in [4.69, 9.17) is 0 Å². The number of alkyl halides is 3. The van der Waals surface area contributed by atoms with E-state index in [1.165, 1.54) is 0 Å². The zero-order chi connectivity index (χ0) is 19.8. The average molecular weight is 448 g/mol. The van der Waals surface area contributed by atoms with Crippen LogP contribution >= 0.6 is 15.9 Å². The molecular formula is C16H17BrF3N5O2. The van der Waals surface area contributed by atoms with E-state index in [0.717, 1.165) is 15.1 Å². The minimum absolute atomic E-state index is 0.0142. The van der Waals surface area contributed by atoms with E-state index in [9.17, 15) is 23.1 Å². The average Bonchev–Trinajstić information content (AvgIpc) is 3.10. The van der Waals surface area contributed by atoms with Crippen molar-refractivity contribution in [3.8, 4) is 5.95 Å². The summed E-state index contributed by atoms with van der Waals surface area (Å²) < 4.78 is 41.0. The maximum absolute atomic E-state index is 12.9. The van der Waals surface area contributed by atoms with Crippen LogP contribution in [0.5, 0.6) is 0 Å². The van der Waals surface area contributed by atoms with Gasteiger partial charge in [0, 0.05) is 37.6 Å². The molecule has 3 rings (SSSR count). The third kappa shape index (κ3) is 3.84. The molecular weight excluding hydrogens is 431 g/mol. The van der Waals surface area contributed by atoms with Crippen molar-refractivity contribution in [2.45, 2.75) is 37.5 Å². The fourth-order valence-electron chi connectivity index (χ4n) is 3.01. The molecule has 27 heavy (non-hydrogen) atoms. The molecule has 11 heteroatoms. The smallest absolute Gasteiger partial charge is 0.373 e. The minimum atomic E-state index is -5.02. The second-order valence-corrected chi connectivity index (χ2v) is 7.42. The van der Waals surface area contributed by atoms with E-state index in [0.29, 0.717) is 25.7 Å². The summed E-state index contributed by atoms with van der Waals surface area (Å²) in [6.45, 7) is 0.714. The molecule has 0 saturated carbocycles. The van der Waals surface area contributed by atoms with Crippen molar-refractivity contribution in [1.82, 2.24) is 24.6 Å². The lowest BCUT2D eigenvalue weighted by atomic mass is 9.92.